The molecular formula is C22H21NO5. The Hall–Kier alpha value is -3.28. The van der Waals surface area contributed by atoms with Gasteiger partial charge in [0.1, 0.15) is 0 Å². The third-order valence-electron chi connectivity index (χ3n) is 5.44. The monoisotopic (exact) mass is 379 g/mol. The van der Waals surface area contributed by atoms with Gasteiger partial charge in [0.15, 0.2) is 6.61 Å². The number of fused-ring (bicyclic) bond motifs is 1. The molecule has 1 heterocycles. The molecule has 0 saturated carbocycles. The lowest BCUT2D eigenvalue weighted by atomic mass is 9.93. The number of hydrogen-bond acceptors (Lipinski definition) is 5. The Morgan fingerprint density at radius 1 is 0.893 bits per heavy atom. The molecule has 3 rings (SSSR count). The Morgan fingerprint density at radius 3 is 2.21 bits per heavy atom. The topological polar surface area (TPSA) is 80.8 Å². The maximum absolute atomic E-state index is 12.6. The standard InChI is InChI=1S/C22H21NO5/c1-11-8-17(14(4)13(3)12(11)2)19(24)10-28-22(27)15-6-7-16-18(9-15)21(26)23(5)20(16)25/h6-9H,10H2,1-5H3. The molecule has 0 atom stereocenters. The molecule has 0 aliphatic carbocycles. The van der Waals surface area contributed by atoms with Gasteiger partial charge in [0.25, 0.3) is 11.8 Å². The van der Waals surface area contributed by atoms with E-state index in [1.165, 1.54) is 25.2 Å². The van der Waals surface area contributed by atoms with Crippen LogP contribution in [0.5, 0.6) is 0 Å². The summed E-state index contributed by atoms with van der Waals surface area (Å²) in [5, 5.41) is 0. The van der Waals surface area contributed by atoms with E-state index >= 15 is 0 Å². The van der Waals surface area contributed by atoms with E-state index in [9.17, 15) is 19.2 Å². The predicted molar refractivity (Wildman–Crippen MR) is 103 cm³/mol. The summed E-state index contributed by atoms with van der Waals surface area (Å²) in [6, 6.07) is 5.98. The molecule has 0 N–H and O–H groups in total. The van der Waals surface area contributed by atoms with Crippen LogP contribution in [0.15, 0.2) is 24.3 Å². The first-order chi connectivity index (χ1) is 13.1. The van der Waals surface area contributed by atoms with Crippen LogP contribution >= 0.6 is 0 Å². The Kier molecular flexibility index (Phi) is 4.89. The number of aryl methyl sites for hydroxylation is 1. The largest absolute Gasteiger partial charge is 0.454 e. The number of carbonyl (C=O) groups is 4. The van der Waals surface area contributed by atoms with Gasteiger partial charge in [0.05, 0.1) is 16.7 Å². The minimum atomic E-state index is -0.718. The molecule has 28 heavy (non-hydrogen) atoms. The second-order valence-corrected chi connectivity index (χ2v) is 7.05. The first kappa shape index (κ1) is 19.5. The fourth-order valence-corrected chi connectivity index (χ4v) is 3.28. The number of amides is 2. The number of nitrogens with zero attached hydrogens (tertiary/aromatic N) is 1. The van der Waals surface area contributed by atoms with Gasteiger partial charge in [-0.3, -0.25) is 19.3 Å². The molecule has 0 unspecified atom stereocenters. The minimum absolute atomic E-state index is 0.121. The lowest BCUT2D eigenvalue weighted by molar-refractivity contribution is 0.0474. The molecule has 1 aliphatic rings. The smallest absolute Gasteiger partial charge is 0.338 e. The molecule has 2 amide bonds. The van der Waals surface area contributed by atoms with Crippen LogP contribution in [-0.4, -0.2) is 42.1 Å². The number of esters is 1. The zero-order valence-electron chi connectivity index (χ0n) is 16.5. The van der Waals surface area contributed by atoms with E-state index in [-0.39, 0.29) is 22.5 Å². The van der Waals surface area contributed by atoms with E-state index < -0.39 is 24.4 Å². The van der Waals surface area contributed by atoms with Crippen LogP contribution in [-0.2, 0) is 4.74 Å². The van der Waals surface area contributed by atoms with E-state index in [0.717, 1.165) is 27.2 Å². The first-order valence-electron chi connectivity index (χ1n) is 8.87. The highest BCUT2D eigenvalue weighted by Crippen LogP contribution is 2.24. The van der Waals surface area contributed by atoms with Gasteiger partial charge in [0.2, 0.25) is 5.78 Å². The summed E-state index contributed by atoms with van der Waals surface area (Å²) >= 11 is 0. The number of ether oxygens (including phenoxy) is 1. The molecule has 2 aromatic rings. The van der Waals surface area contributed by atoms with Gasteiger partial charge in [-0.2, -0.15) is 0 Å². The molecule has 2 aromatic carbocycles. The van der Waals surface area contributed by atoms with Crippen LogP contribution in [0.3, 0.4) is 0 Å². The van der Waals surface area contributed by atoms with E-state index in [4.69, 9.17) is 4.74 Å². The lowest BCUT2D eigenvalue weighted by Crippen LogP contribution is -2.24. The molecule has 0 saturated heterocycles. The summed E-state index contributed by atoms with van der Waals surface area (Å²) in [5.74, 6) is -1.88. The second kappa shape index (κ2) is 7.03. The lowest BCUT2D eigenvalue weighted by Gasteiger charge is -2.13. The number of Topliss-reactive ketones (excluding diaryl/α,β-unsaturated/α-hetero) is 1. The van der Waals surface area contributed by atoms with Crippen molar-refractivity contribution >= 4 is 23.6 Å². The van der Waals surface area contributed by atoms with Gasteiger partial charge in [-0.1, -0.05) is 0 Å². The van der Waals surface area contributed by atoms with E-state index in [1.807, 2.05) is 33.8 Å². The summed E-state index contributed by atoms with van der Waals surface area (Å²) in [6.07, 6.45) is 0. The summed E-state index contributed by atoms with van der Waals surface area (Å²) in [5.41, 5.74) is 5.11. The van der Waals surface area contributed by atoms with Crippen molar-refractivity contribution in [1.29, 1.82) is 0 Å². The van der Waals surface area contributed by atoms with Crippen LogP contribution in [0.1, 0.15) is 63.7 Å². The van der Waals surface area contributed by atoms with Crippen molar-refractivity contribution in [2.24, 2.45) is 0 Å². The molecule has 6 nitrogen and oxygen atoms in total. The van der Waals surface area contributed by atoms with Crippen molar-refractivity contribution < 1.29 is 23.9 Å². The van der Waals surface area contributed by atoms with Crippen LogP contribution in [0.25, 0.3) is 0 Å². The molecule has 144 valence electrons. The summed E-state index contributed by atoms with van der Waals surface area (Å²) in [4.78, 5) is 49.9. The van der Waals surface area contributed by atoms with Gasteiger partial charge in [-0.25, -0.2) is 4.79 Å². The van der Waals surface area contributed by atoms with Crippen molar-refractivity contribution in [3.05, 3.63) is 68.8 Å². The van der Waals surface area contributed by atoms with Gasteiger partial charge >= 0.3 is 5.97 Å². The SMILES string of the molecule is Cc1cc(C(=O)COC(=O)c2ccc3c(c2)C(=O)N(C)C3=O)c(C)c(C)c1C. The van der Waals surface area contributed by atoms with Crippen molar-refractivity contribution in [2.75, 3.05) is 13.7 Å². The molecule has 1 aliphatic heterocycles. The summed E-state index contributed by atoms with van der Waals surface area (Å²) in [6.45, 7) is 7.37. The Labute approximate surface area is 163 Å². The average Bonchev–Trinajstić information content (AvgIpc) is 2.90. The molecule has 0 spiro atoms. The fraction of sp³-hybridized carbons (Fsp3) is 0.273. The van der Waals surface area contributed by atoms with Crippen LogP contribution in [0.4, 0.5) is 0 Å². The molecule has 0 fully saturated rings. The summed E-state index contributed by atoms with van der Waals surface area (Å²) < 4.78 is 5.16. The third-order valence-corrected chi connectivity index (χ3v) is 5.44. The second-order valence-electron chi connectivity index (χ2n) is 7.05. The number of carbonyl (C=O) groups excluding carboxylic acids is 4. The van der Waals surface area contributed by atoms with Gasteiger partial charge in [-0.15, -0.1) is 0 Å². The van der Waals surface area contributed by atoms with Crippen molar-refractivity contribution in [3.8, 4) is 0 Å². The predicted octanol–water partition coefficient (Wildman–Crippen LogP) is 3.19. The number of imide groups is 1. The zero-order valence-corrected chi connectivity index (χ0v) is 16.5. The number of hydrogen-bond donors (Lipinski definition) is 0. The van der Waals surface area contributed by atoms with Gasteiger partial charge in [-0.05, 0) is 74.2 Å². The van der Waals surface area contributed by atoms with Gasteiger partial charge in [0, 0.05) is 12.6 Å². The molecule has 0 bridgehead atoms. The van der Waals surface area contributed by atoms with Crippen molar-refractivity contribution in [3.63, 3.8) is 0 Å². The highest BCUT2D eigenvalue weighted by Gasteiger charge is 2.33. The Bertz CT molecular complexity index is 1050. The average molecular weight is 379 g/mol. The Morgan fingerprint density at radius 2 is 1.54 bits per heavy atom. The van der Waals surface area contributed by atoms with Crippen LogP contribution in [0.2, 0.25) is 0 Å². The van der Waals surface area contributed by atoms with Crippen molar-refractivity contribution in [2.45, 2.75) is 27.7 Å². The minimum Gasteiger partial charge on any atom is -0.454 e. The quantitative estimate of drug-likeness (QED) is 0.463. The fourth-order valence-electron chi connectivity index (χ4n) is 3.28. The molecule has 6 heteroatoms. The van der Waals surface area contributed by atoms with E-state index in [2.05, 4.69) is 0 Å². The van der Waals surface area contributed by atoms with Crippen molar-refractivity contribution in [1.82, 2.24) is 4.90 Å². The van der Waals surface area contributed by atoms with E-state index in [0.29, 0.717) is 5.56 Å². The molecular weight excluding hydrogens is 358 g/mol. The normalized spacial score (nSPS) is 13.0. The van der Waals surface area contributed by atoms with Crippen LogP contribution in [0, 0.1) is 27.7 Å². The van der Waals surface area contributed by atoms with Gasteiger partial charge < -0.3 is 4.74 Å². The number of rotatable bonds is 4. The highest BCUT2D eigenvalue weighted by molar-refractivity contribution is 6.21. The zero-order chi connectivity index (χ0) is 20.7. The van der Waals surface area contributed by atoms with E-state index in [1.54, 1.807) is 0 Å². The maximum atomic E-state index is 12.6. The van der Waals surface area contributed by atoms with Crippen LogP contribution < -0.4 is 0 Å². The maximum Gasteiger partial charge on any atom is 0.338 e. The third kappa shape index (κ3) is 3.11. The first-order valence-corrected chi connectivity index (χ1v) is 8.87. The molecule has 0 aromatic heterocycles. The summed E-state index contributed by atoms with van der Waals surface area (Å²) in [7, 11) is 1.38. The highest BCUT2D eigenvalue weighted by atomic mass is 16.5. The molecule has 0 radical (unpaired) electrons. The number of ketones is 1. The number of benzene rings is 2. The Balaban J connectivity index is 1.76.